The molecule has 1 aromatic heterocycles. The fraction of sp³-hybridized carbons (Fsp3) is 0.526. The van der Waals surface area contributed by atoms with Crippen LogP contribution in [0.3, 0.4) is 0 Å². The van der Waals surface area contributed by atoms with E-state index in [-0.39, 0.29) is 19.1 Å². The van der Waals surface area contributed by atoms with Gasteiger partial charge in [-0.3, -0.25) is 4.79 Å². The molecule has 8 heteroatoms. The van der Waals surface area contributed by atoms with Gasteiger partial charge in [-0.25, -0.2) is 4.79 Å². The average Bonchev–Trinajstić information content (AvgIpc) is 3.08. The summed E-state index contributed by atoms with van der Waals surface area (Å²) in [4.78, 5) is 27.2. The summed E-state index contributed by atoms with van der Waals surface area (Å²) >= 11 is 0. The van der Waals surface area contributed by atoms with E-state index in [1.165, 1.54) is 11.2 Å². The van der Waals surface area contributed by atoms with E-state index in [2.05, 4.69) is 15.4 Å². The van der Waals surface area contributed by atoms with Gasteiger partial charge in [0.05, 0.1) is 0 Å². The van der Waals surface area contributed by atoms with Crippen LogP contribution in [0, 0.1) is 6.92 Å². The number of ether oxygens (including phenoxy) is 1. The van der Waals surface area contributed by atoms with Crippen molar-refractivity contribution in [1.29, 1.82) is 0 Å². The molecule has 0 aliphatic carbocycles. The van der Waals surface area contributed by atoms with Crippen molar-refractivity contribution >= 4 is 11.9 Å². The Morgan fingerprint density at radius 1 is 1.04 bits per heavy atom. The Hall–Kier alpha value is -2.77. The van der Waals surface area contributed by atoms with Crippen LogP contribution < -0.4 is 0 Å². The normalized spacial score (nSPS) is 15.1. The van der Waals surface area contributed by atoms with E-state index in [9.17, 15) is 9.59 Å². The molecule has 1 aromatic carbocycles. The molecule has 144 valence electrons. The van der Waals surface area contributed by atoms with Crippen molar-refractivity contribution in [2.75, 3.05) is 19.7 Å². The Labute approximate surface area is 158 Å². The van der Waals surface area contributed by atoms with Gasteiger partial charge in [-0.15, -0.1) is 10.2 Å². The maximum absolute atomic E-state index is 12.2. The number of rotatable bonds is 5. The smallest absolute Gasteiger partial charge is 0.330 e. The van der Waals surface area contributed by atoms with Gasteiger partial charge in [0.1, 0.15) is 0 Å². The van der Waals surface area contributed by atoms with Crippen molar-refractivity contribution in [2.24, 2.45) is 0 Å². The predicted octanol–water partition coefficient (Wildman–Crippen LogP) is 1.98. The first-order chi connectivity index (χ1) is 13.1. The molecule has 3 rings (SSSR count). The summed E-state index contributed by atoms with van der Waals surface area (Å²) in [6.45, 7) is 3.06. The second-order valence-corrected chi connectivity index (χ2v) is 6.82. The van der Waals surface area contributed by atoms with Gasteiger partial charge in [-0.1, -0.05) is 49.1 Å². The lowest BCUT2D eigenvalue weighted by Gasteiger charge is -2.24. The van der Waals surface area contributed by atoms with E-state index in [1.54, 1.807) is 4.90 Å². The standard InChI is InChI=1S/C19H25N5O3/c1-15-7-9-16(10-8-15)19-20-22-24(21-19)13-18(26)27-14-17(25)23-11-5-3-2-4-6-12-23/h7-10H,2-6,11-14H2,1H3. The molecule has 0 N–H and O–H groups in total. The Kier molecular flexibility index (Phi) is 6.51. The van der Waals surface area contributed by atoms with Crippen LogP contribution >= 0.6 is 0 Å². The van der Waals surface area contributed by atoms with Crippen molar-refractivity contribution in [2.45, 2.75) is 45.6 Å². The summed E-state index contributed by atoms with van der Waals surface area (Å²) in [6, 6.07) is 7.72. The highest BCUT2D eigenvalue weighted by Gasteiger charge is 2.17. The molecule has 0 bridgehead atoms. The molecule has 1 amide bonds. The summed E-state index contributed by atoms with van der Waals surface area (Å²) in [5.74, 6) is -0.250. The number of hydrogen-bond acceptors (Lipinski definition) is 6. The van der Waals surface area contributed by atoms with E-state index in [0.29, 0.717) is 5.82 Å². The third kappa shape index (κ3) is 5.60. The van der Waals surface area contributed by atoms with Crippen LogP contribution in [0.1, 0.15) is 37.7 Å². The molecule has 2 aromatic rings. The third-order valence-corrected chi connectivity index (χ3v) is 4.60. The number of amides is 1. The Morgan fingerprint density at radius 3 is 2.41 bits per heavy atom. The average molecular weight is 371 g/mol. The number of carbonyl (C=O) groups is 2. The van der Waals surface area contributed by atoms with Crippen molar-refractivity contribution < 1.29 is 14.3 Å². The molecule has 1 aliphatic rings. The highest BCUT2D eigenvalue weighted by atomic mass is 16.5. The first-order valence-electron chi connectivity index (χ1n) is 9.40. The van der Waals surface area contributed by atoms with Crippen molar-refractivity contribution in [3.8, 4) is 11.4 Å². The van der Waals surface area contributed by atoms with Gasteiger partial charge in [-0.05, 0) is 25.0 Å². The van der Waals surface area contributed by atoms with Crippen LogP contribution in [-0.4, -0.2) is 56.7 Å². The molecule has 0 unspecified atom stereocenters. The van der Waals surface area contributed by atoms with Crippen LogP contribution in [0.4, 0.5) is 0 Å². The molecule has 0 atom stereocenters. The van der Waals surface area contributed by atoms with E-state index >= 15 is 0 Å². The van der Waals surface area contributed by atoms with E-state index in [4.69, 9.17) is 4.74 Å². The minimum atomic E-state index is -0.553. The maximum atomic E-state index is 12.2. The Balaban J connectivity index is 1.47. The van der Waals surface area contributed by atoms with Crippen LogP contribution in [-0.2, 0) is 20.9 Å². The number of benzene rings is 1. The summed E-state index contributed by atoms with van der Waals surface area (Å²) in [7, 11) is 0. The third-order valence-electron chi connectivity index (χ3n) is 4.60. The second-order valence-electron chi connectivity index (χ2n) is 6.82. The predicted molar refractivity (Wildman–Crippen MR) is 98.6 cm³/mol. The number of esters is 1. The van der Waals surface area contributed by atoms with Crippen LogP contribution in [0.2, 0.25) is 0 Å². The molecule has 1 fully saturated rings. The van der Waals surface area contributed by atoms with Crippen LogP contribution in [0.15, 0.2) is 24.3 Å². The van der Waals surface area contributed by atoms with Gasteiger partial charge in [0.15, 0.2) is 13.2 Å². The lowest BCUT2D eigenvalue weighted by molar-refractivity contribution is -0.153. The van der Waals surface area contributed by atoms with Crippen molar-refractivity contribution in [3.05, 3.63) is 29.8 Å². The second kappa shape index (κ2) is 9.25. The van der Waals surface area contributed by atoms with E-state index in [1.807, 2.05) is 31.2 Å². The largest absolute Gasteiger partial charge is 0.454 e. The first-order valence-corrected chi connectivity index (χ1v) is 9.40. The quantitative estimate of drug-likeness (QED) is 0.747. The summed E-state index contributed by atoms with van der Waals surface area (Å²) < 4.78 is 5.10. The van der Waals surface area contributed by atoms with Gasteiger partial charge < -0.3 is 9.64 Å². The van der Waals surface area contributed by atoms with Crippen LogP contribution in [0.5, 0.6) is 0 Å². The number of likely N-dealkylation sites (tertiary alicyclic amines) is 1. The molecular weight excluding hydrogens is 346 g/mol. The zero-order chi connectivity index (χ0) is 19.1. The zero-order valence-corrected chi connectivity index (χ0v) is 15.6. The fourth-order valence-corrected chi connectivity index (χ4v) is 3.02. The number of nitrogens with zero attached hydrogens (tertiary/aromatic N) is 5. The van der Waals surface area contributed by atoms with Gasteiger partial charge in [0, 0.05) is 18.7 Å². The molecule has 1 aliphatic heterocycles. The maximum Gasteiger partial charge on any atom is 0.330 e. The first kappa shape index (κ1) is 19.0. The van der Waals surface area contributed by atoms with Crippen molar-refractivity contribution in [1.82, 2.24) is 25.1 Å². The lowest BCUT2D eigenvalue weighted by Crippen LogP contribution is -2.37. The minimum Gasteiger partial charge on any atom is -0.454 e. The lowest BCUT2D eigenvalue weighted by atomic mass is 10.1. The fourth-order valence-electron chi connectivity index (χ4n) is 3.02. The molecular formula is C19H25N5O3. The van der Waals surface area contributed by atoms with E-state index < -0.39 is 5.97 Å². The van der Waals surface area contributed by atoms with Gasteiger partial charge in [0.2, 0.25) is 5.82 Å². The summed E-state index contributed by atoms with van der Waals surface area (Å²) in [6.07, 6.45) is 5.52. The Bertz CT molecular complexity index is 764. The number of hydrogen-bond donors (Lipinski definition) is 0. The van der Waals surface area contributed by atoms with E-state index in [0.717, 1.165) is 49.9 Å². The van der Waals surface area contributed by atoms with Gasteiger partial charge in [0.25, 0.3) is 5.91 Å². The van der Waals surface area contributed by atoms with Crippen LogP contribution in [0.25, 0.3) is 11.4 Å². The molecule has 0 saturated carbocycles. The molecule has 0 radical (unpaired) electrons. The summed E-state index contributed by atoms with van der Waals surface area (Å²) in [5.41, 5.74) is 1.96. The number of tetrazole rings is 1. The molecule has 27 heavy (non-hydrogen) atoms. The molecule has 0 spiro atoms. The molecule has 8 nitrogen and oxygen atoms in total. The van der Waals surface area contributed by atoms with Crippen molar-refractivity contribution in [3.63, 3.8) is 0 Å². The monoisotopic (exact) mass is 371 g/mol. The molecule has 2 heterocycles. The zero-order valence-electron chi connectivity index (χ0n) is 15.6. The number of carbonyl (C=O) groups excluding carboxylic acids is 2. The minimum absolute atomic E-state index is 0.142. The SMILES string of the molecule is Cc1ccc(-c2nnn(CC(=O)OCC(=O)N3CCCCCCC3)n2)cc1. The molecule has 1 saturated heterocycles. The summed E-state index contributed by atoms with van der Waals surface area (Å²) in [5, 5.41) is 12.0. The Morgan fingerprint density at radius 2 is 1.70 bits per heavy atom. The number of aryl methyl sites for hydroxylation is 1. The highest BCUT2D eigenvalue weighted by Crippen LogP contribution is 2.14. The topological polar surface area (TPSA) is 90.2 Å². The highest BCUT2D eigenvalue weighted by molar-refractivity contribution is 5.80. The van der Waals surface area contributed by atoms with Gasteiger partial charge in [-0.2, -0.15) is 4.80 Å². The van der Waals surface area contributed by atoms with Gasteiger partial charge >= 0.3 is 5.97 Å². The number of aromatic nitrogens is 4.